The van der Waals surface area contributed by atoms with E-state index in [4.69, 9.17) is 9.47 Å². The fourth-order valence-corrected chi connectivity index (χ4v) is 6.61. The van der Waals surface area contributed by atoms with Crippen molar-refractivity contribution in [2.45, 2.75) is 56.8 Å². The van der Waals surface area contributed by atoms with E-state index in [0.717, 1.165) is 11.1 Å². The van der Waals surface area contributed by atoms with Gasteiger partial charge in [0.25, 0.3) is 5.91 Å². The van der Waals surface area contributed by atoms with Gasteiger partial charge >= 0.3 is 5.97 Å². The molecule has 38 heavy (non-hydrogen) atoms. The highest BCUT2D eigenvalue weighted by atomic mass is 32.2. The molecule has 0 bridgehead atoms. The fourth-order valence-electron chi connectivity index (χ4n) is 5.01. The van der Waals surface area contributed by atoms with Crippen molar-refractivity contribution in [1.82, 2.24) is 9.21 Å². The number of anilines is 1. The molecule has 2 aliphatic heterocycles. The molecule has 10 nitrogen and oxygen atoms in total. The van der Waals surface area contributed by atoms with Gasteiger partial charge in [-0.2, -0.15) is 4.31 Å². The minimum atomic E-state index is -3.98. The molecule has 0 aliphatic carbocycles. The van der Waals surface area contributed by atoms with Crippen LogP contribution in [0.1, 0.15) is 44.4 Å². The third kappa shape index (κ3) is 6.40. The SMILES string of the molecule is CC(=O)Nc1ccc(S(=O)(=O)N2CCc3ccccc3C2CC(=O)OCC(=O)N2CC(C)OC(C)C2)cc1. The predicted octanol–water partition coefficient (Wildman–Crippen LogP) is 2.50. The Morgan fingerprint density at radius 1 is 1.03 bits per heavy atom. The van der Waals surface area contributed by atoms with E-state index in [9.17, 15) is 22.8 Å². The summed E-state index contributed by atoms with van der Waals surface area (Å²) >= 11 is 0. The molecule has 0 radical (unpaired) electrons. The van der Waals surface area contributed by atoms with Gasteiger partial charge < -0.3 is 19.7 Å². The lowest BCUT2D eigenvalue weighted by Gasteiger charge is -2.36. The summed E-state index contributed by atoms with van der Waals surface area (Å²) in [6.45, 7) is 5.75. The summed E-state index contributed by atoms with van der Waals surface area (Å²) in [6.07, 6.45) is 0.0478. The summed E-state index contributed by atoms with van der Waals surface area (Å²) in [4.78, 5) is 38.5. The zero-order valence-corrected chi connectivity index (χ0v) is 22.6. The van der Waals surface area contributed by atoms with Gasteiger partial charge in [-0.25, -0.2) is 8.42 Å². The van der Waals surface area contributed by atoms with Crippen LogP contribution in [0.5, 0.6) is 0 Å². The van der Waals surface area contributed by atoms with Crippen LogP contribution >= 0.6 is 0 Å². The lowest BCUT2D eigenvalue weighted by Crippen LogP contribution is -2.49. The number of ether oxygens (including phenoxy) is 2. The maximum absolute atomic E-state index is 13.7. The van der Waals surface area contributed by atoms with E-state index in [1.54, 1.807) is 11.0 Å². The second-order valence-corrected chi connectivity index (χ2v) is 11.6. The first-order chi connectivity index (χ1) is 18.0. The number of benzene rings is 2. The molecule has 2 heterocycles. The van der Waals surface area contributed by atoms with Crippen LogP contribution in [0.15, 0.2) is 53.4 Å². The van der Waals surface area contributed by atoms with Crippen LogP contribution in [0.3, 0.4) is 0 Å². The molecule has 3 unspecified atom stereocenters. The molecule has 1 N–H and O–H groups in total. The second kappa shape index (κ2) is 11.6. The van der Waals surface area contributed by atoms with E-state index in [0.29, 0.717) is 25.2 Å². The summed E-state index contributed by atoms with van der Waals surface area (Å²) in [7, 11) is -3.98. The molecule has 3 atom stereocenters. The van der Waals surface area contributed by atoms with Gasteiger partial charge in [0.15, 0.2) is 6.61 Å². The number of hydrogen-bond acceptors (Lipinski definition) is 7. The Kier molecular flexibility index (Phi) is 8.49. The maximum Gasteiger partial charge on any atom is 0.308 e. The van der Waals surface area contributed by atoms with E-state index in [1.165, 1.54) is 35.5 Å². The highest BCUT2D eigenvalue weighted by Crippen LogP contribution is 2.36. The number of fused-ring (bicyclic) bond motifs is 1. The van der Waals surface area contributed by atoms with Crippen molar-refractivity contribution in [3.05, 3.63) is 59.7 Å². The number of carbonyl (C=O) groups excluding carboxylic acids is 3. The number of esters is 1. The van der Waals surface area contributed by atoms with Gasteiger partial charge in [0.2, 0.25) is 15.9 Å². The van der Waals surface area contributed by atoms with Gasteiger partial charge in [-0.15, -0.1) is 0 Å². The number of amides is 2. The number of rotatable bonds is 7. The number of nitrogens with one attached hydrogen (secondary N) is 1. The maximum atomic E-state index is 13.7. The van der Waals surface area contributed by atoms with Crippen molar-refractivity contribution >= 4 is 33.5 Å². The van der Waals surface area contributed by atoms with Crippen LogP contribution < -0.4 is 5.32 Å². The number of carbonyl (C=O) groups is 3. The molecule has 0 aromatic heterocycles. The number of hydrogen-bond donors (Lipinski definition) is 1. The smallest absolute Gasteiger partial charge is 0.308 e. The fraction of sp³-hybridized carbons (Fsp3) is 0.444. The largest absolute Gasteiger partial charge is 0.456 e. The Bertz CT molecular complexity index is 1290. The van der Waals surface area contributed by atoms with Gasteiger partial charge in [0.05, 0.1) is 29.6 Å². The topological polar surface area (TPSA) is 122 Å². The average Bonchev–Trinajstić information content (AvgIpc) is 2.86. The highest BCUT2D eigenvalue weighted by Gasteiger charge is 2.38. The third-order valence-corrected chi connectivity index (χ3v) is 8.56. The Balaban J connectivity index is 1.50. The summed E-state index contributed by atoms with van der Waals surface area (Å²) in [5.74, 6) is -1.23. The van der Waals surface area contributed by atoms with E-state index >= 15 is 0 Å². The molecule has 11 heteroatoms. The molecular formula is C27H33N3O7S. The molecule has 0 spiro atoms. The lowest BCUT2D eigenvalue weighted by atomic mass is 9.92. The number of morpholine rings is 1. The molecule has 1 fully saturated rings. The van der Waals surface area contributed by atoms with Crippen molar-refractivity contribution in [2.75, 3.05) is 31.6 Å². The van der Waals surface area contributed by atoms with Gasteiger partial charge in [-0.05, 0) is 55.7 Å². The molecule has 0 saturated carbocycles. The van der Waals surface area contributed by atoms with Crippen molar-refractivity contribution in [2.24, 2.45) is 0 Å². The Labute approximate surface area is 222 Å². The molecule has 2 aromatic carbocycles. The van der Waals surface area contributed by atoms with E-state index in [1.807, 2.05) is 32.0 Å². The standard InChI is InChI=1S/C27H33N3O7S/c1-18-15-29(16-19(2)37-18)26(32)17-36-27(33)14-25-24-7-5-4-6-21(24)12-13-30(25)38(34,35)23-10-8-22(9-11-23)28-20(3)31/h4-11,18-19,25H,12-17H2,1-3H3,(H,28,31). The van der Waals surface area contributed by atoms with Crippen LogP contribution in [0, 0.1) is 0 Å². The summed E-state index contributed by atoms with van der Waals surface area (Å²) in [5.41, 5.74) is 2.18. The van der Waals surface area contributed by atoms with Crippen molar-refractivity contribution in [3.8, 4) is 0 Å². The minimum absolute atomic E-state index is 0.0510. The second-order valence-electron chi connectivity index (χ2n) is 9.71. The molecule has 4 rings (SSSR count). The number of nitrogens with zero attached hydrogens (tertiary/aromatic N) is 2. The molecule has 2 aliphatic rings. The van der Waals surface area contributed by atoms with Crippen LogP contribution in [0.4, 0.5) is 5.69 Å². The monoisotopic (exact) mass is 543 g/mol. The zero-order chi connectivity index (χ0) is 27.4. The first-order valence-electron chi connectivity index (χ1n) is 12.6. The Hall–Kier alpha value is -3.28. The van der Waals surface area contributed by atoms with Crippen LogP contribution in [0.25, 0.3) is 0 Å². The van der Waals surface area contributed by atoms with Crippen LogP contribution in [0.2, 0.25) is 0 Å². The van der Waals surface area contributed by atoms with Crippen molar-refractivity contribution in [1.29, 1.82) is 0 Å². The summed E-state index contributed by atoms with van der Waals surface area (Å²) < 4.78 is 39.6. The average molecular weight is 544 g/mol. The van der Waals surface area contributed by atoms with Gasteiger partial charge in [0, 0.05) is 32.2 Å². The normalized spacial score (nSPS) is 21.9. The lowest BCUT2D eigenvalue weighted by molar-refractivity contribution is -0.157. The third-order valence-electron chi connectivity index (χ3n) is 6.63. The number of sulfonamides is 1. The van der Waals surface area contributed by atoms with Gasteiger partial charge in [0.1, 0.15) is 0 Å². The summed E-state index contributed by atoms with van der Waals surface area (Å²) in [5, 5.41) is 2.62. The predicted molar refractivity (Wildman–Crippen MR) is 140 cm³/mol. The van der Waals surface area contributed by atoms with Crippen molar-refractivity contribution in [3.63, 3.8) is 0 Å². The molecule has 2 amide bonds. The molecule has 204 valence electrons. The van der Waals surface area contributed by atoms with Gasteiger partial charge in [-0.1, -0.05) is 24.3 Å². The Morgan fingerprint density at radius 3 is 2.34 bits per heavy atom. The van der Waals surface area contributed by atoms with Crippen LogP contribution in [-0.4, -0.2) is 73.9 Å². The van der Waals surface area contributed by atoms with Crippen molar-refractivity contribution < 1.29 is 32.3 Å². The van der Waals surface area contributed by atoms with E-state index in [-0.39, 0.29) is 41.9 Å². The molecular weight excluding hydrogens is 510 g/mol. The molecule has 1 saturated heterocycles. The summed E-state index contributed by atoms with van der Waals surface area (Å²) in [6, 6.07) is 12.5. The van der Waals surface area contributed by atoms with Gasteiger partial charge in [-0.3, -0.25) is 14.4 Å². The zero-order valence-electron chi connectivity index (χ0n) is 21.8. The minimum Gasteiger partial charge on any atom is -0.456 e. The first-order valence-corrected chi connectivity index (χ1v) is 14.0. The highest BCUT2D eigenvalue weighted by molar-refractivity contribution is 7.89. The molecule has 2 aromatic rings. The van der Waals surface area contributed by atoms with E-state index < -0.39 is 28.6 Å². The first kappa shape index (κ1) is 27.7. The Morgan fingerprint density at radius 2 is 1.68 bits per heavy atom. The quantitative estimate of drug-likeness (QED) is 0.533. The van der Waals surface area contributed by atoms with Crippen LogP contribution in [-0.2, 0) is 40.3 Å². The van der Waals surface area contributed by atoms with E-state index in [2.05, 4.69) is 5.32 Å².